The van der Waals surface area contributed by atoms with E-state index < -0.39 is 0 Å². The van der Waals surface area contributed by atoms with E-state index in [1.807, 2.05) is 54.6 Å². The van der Waals surface area contributed by atoms with Gasteiger partial charge in [0.2, 0.25) is 0 Å². The topological polar surface area (TPSA) is 66.3 Å². The summed E-state index contributed by atoms with van der Waals surface area (Å²) >= 11 is 6.08. The lowest BCUT2D eigenvalue weighted by Crippen LogP contribution is -2.18. The second-order valence-corrected chi connectivity index (χ2v) is 8.93. The monoisotopic (exact) mass is 508 g/mol. The van der Waals surface area contributed by atoms with E-state index in [4.69, 9.17) is 21.4 Å². The van der Waals surface area contributed by atoms with Crippen LogP contribution in [0.5, 0.6) is 5.75 Å². The van der Waals surface area contributed by atoms with Gasteiger partial charge in [0.25, 0.3) is 5.91 Å². The number of nitrogens with one attached hydrogen (secondary N) is 1. The molecule has 5 rings (SSSR count). The van der Waals surface area contributed by atoms with Gasteiger partial charge in [-0.3, -0.25) is 9.80 Å². The van der Waals surface area contributed by atoms with Crippen LogP contribution in [0, 0.1) is 0 Å². The third kappa shape index (κ3) is 5.55. The van der Waals surface area contributed by atoms with Crippen molar-refractivity contribution >= 4 is 35.1 Å². The molecule has 0 saturated carbocycles. The largest absolute Gasteiger partial charge is 0.497 e. The van der Waals surface area contributed by atoms with E-state index in [0.29, 0.717) is 10.6 Å². The maximum atomic E-state index is 12.3. The molecule has 1 N–H and O–H groups in total. The van der Waals surface area contributed by atoms with E-state index in [1.54, 1.807) is 37.6 Å². The van der Waals surface area contributed by atoms with Crippen molar-refractivity contribution in [1.29, 1.82) is 0 Å². The fourth-order valence-corrected chi connectivity index (χ4v) is 4.44. The second-order valence-electron chi connectivity index (χ2n) is 8.52. The van der Waals surface area contributed by atoms with Crippen LogP contribution < -0.4 is 15.2 Å². The van der Waals surface area contributed by atoms with Crippen molar-refractivity contribution in [3.05, 3.63) is 130 Å². The fraction of sp³-hybridized carbons (Fsp3) is 0.100. The van der Waals surface area contributed by atoms with E-state index in [9.17, 15) is 4.79 Å². The van der Waals surface area contributed by atoms with Gasteiger partial charge in [0.1, 0.15) is 5.75 Å². The molecular formula is C30H25ClN4O2. The summed E-state index contributed by atoms with van der Waals surface area (Å²) in [5.41, 5.74) is 8.01. The molecule has 0 fully saturated rings. The second kappa shape index (κ2) is 11.1. The predicted molar refractivity (Wildman–Crippen MR) is 149 cm³/mol. The maximum Gasteiger partial charge on any atom is 0.272 e. The van der Waals surface area contributed by atoms with Gasteiger partial charge in [-0.15, -0.1) is 0 Å². The highest BCUT2D eigenvalue weighted by Crippen LogP contribution is 2.37. The first-order valence-electron chi connectivity index (χ1n) is 11.9. The van der Waals surface area contributed by atoms with Crippen LogP contribution in [0.3, 0.4) is 0 Å². The lowest BCUT2D eigenvalue weighted by Gasteiger charge is -2.24. The van der Waals surface area contributed by atoms with Crippen LogP contribution in [0.1, 0.15) is 39.5 Å². The van der Waals surface area contributed by atoms with Gasteiger partial charge < -0.3 is 4.74 Å². The summed E-state index contributed by atoms with van der Waals surface area (Å²) in [6.45, 7) is 0. The number of rotatable bonds is 7. The molecule has 1 atom stereocenters. The average molecular weight is 509 g/mol. The highest BCUT2D eigenvalue weighted by Gasteiger charge is 2.29. The molecule has 0 aliphatic carbocycles. The van der Waals surface area contributed by atoms with Gasteiger partial charge in [-0.05, 0) is 53.1 Å². The molecule has 0 unspecified atom stereocenters. The van der Waals surface area contributed by atoms with Crippen LogP contribution in [0.15, 0.2) is 113 Å². The Bertz CT molecular complexity index is 1430. The Morgan fingerprint density at radius 3 is 2.38 bits per heavy atom. The Morgan fingerprint density at radius 1 is 0.973 bits per heavy atom. The van der Waals surface area contributed by atoms with Crippen LogP contribution in [0.25, 0.3) is 0 Å². The lowest BCUT2D eigenvalue weighted by molar-refractivity contribution is 0.0955. The molecule has 1 amide bonds. The number of carbonyl (C=O) groups excluding carboxylic acids is 1. The SMILES string of the molecule is COc1ccc([C@H]2CC(c3ccccc3)=NN2c2ccc(/C=N\NC(=O)c3ccccc3Cl)cc2)cc1. The van der Waals surface area contributed by atoms with Crippen molar-refractivity contribution in [3.8, 4) is 5.75 Å². The molecule has 0 aromatic heterocycles. The fourth-order valence-electron chi connectivity index (χ4n) is 4.22. The number of hydrogen-bond acceptors (Lipinski definition) is 5. The number of benzene rings is 4. The van der Waals surface area contributed by atoms with Crippen molar-refractivity contribution in [2.45, 2.75) is 12.5 Å². The van der Waals surface area contributed by atoms with Crippen LogP contribution in [0.2, 0.25) is 5.02 Å². The summed E-state index contributed by atoms with van der Waals surface area (Å²) < 4.78 is 5.34. The van der Waals surface area contributed by atoms with Gasteiger partial charge in [-0.25, -0.2) is 5.43 Å². The summed E-state index contributed by atoms with van der Waals surface area (Å²) in [7, 11) is 1.67. The number of hydrazone groups is 2. The summed E-state index contributed by atoms with van der Waals surface area (Å²) in [5, 5.41) is 11.5. The van der Waals surface area contributed by atoms with Gasteiger partial charge in [0, 0.05) is 6.42 Å². The van der Waals surface area contributed by atoms with Gasteiger partial charge >= 0.3 is 0 Å². The molecule has 6 nitrogen and oxygen atoms in total. The van der Waals surface area contributed by atoms with Crippen molar-refractivity contribution in [2.24, 2.45) is 10.2 Å². The Labute approximate surface area is 220 Å². The van der Waals surface area contributed by atoms with E-state index in [0.717, 1.165) is 40.3 Å². The number of hydrogen-bond donors (Lipinski definition) is 1. The molecule has 0 saturated heterocycles. The summed E-state index contributed by atoms with van der Waals surface area (Å²) in [5.74, 6) is 0.461. The molecule has 37 heavy (non-hydrogen) atoms. The molecule has 1 heterocycles. The van der Waals surface area contributed by atoms with Crippen LogP contribution in [0.4, 0.5) is 5.69 Å². The zero-order valence-electron chi connectivity index (χ0n) is 20.2. The first kappa shape index (κ1) is 24.3. The normalized spacial score (nSPS) is 15.0. The summed E-state index contributed by atoms with van der Waals surface area (Å²) in [6, 6.07) is 33.2. The van der Waals surface area contributed by atoms with Crippen LogP contribution >= 0.6 is 11.6 Å². The van der Waals surface area contributed by atoms with Crippen molar-refractivity contribution < 1.29 is 9.53 Å². The molecule has 0 bridgehead atoms. The zero-order valence-corrected chi connectivity index (χ0v) is 21.0. The first-order chi connectivity index (χ1) is 18.1. The average Bonchev–Trinajstić information content (AvgIpc) is 3.40. The van der Waals surface area contributed by atoms with E-state index in [1.165, 1.54) is 0 Å². The Morgan fingerprint density at radius 2 is 1.68 bits per heavy atom. The maximum absolute atomic E-state index is 12.3. The molecule has 1 aliphatic rings. The molecule has 7 heteroatoms. The number of amides is 1. The Hall–Kier alpha value is -4.42. The smallest absolute Gasteiger partial charge is 0.272 e. The first-order valence-corrected chi connectivity index (χ1v) is 12.2. The number of nitrogens with zero attached hydrogens (tertiary/aromatic N) is 3. The minimum absolute atomic E-state index is 0.0514. The lowest BCUT2D eigenvalue weighted by atomic mass is 9.98. The van der Waals surface area contributed by atoms with Crippen LogP contribution in [-0.4, -0.2) is 24.9 Å². The zero-order chi connectivity index (χ0) is 25.6. The van der Waals surface area contributed by atoms with Crippen molar-refractivity contribution in [1.82, 2.24) is 5.43 Å². The molecule has 4 aromatic rings. The molecular weight excluding hydrogens is 484 g/mol. The van der Waals surface area contributed by atoms with Gasteiger partial charge in [0.05, 0.1) is 41.4 Å². The minimum Gasteiger partial charge on any atom is -0.497 e. The van der Waals surface area contributed by atoms with Gasteiger partial charge in [-0.2, -0.15) is 10.2 Å². The molecule has 4 aromatic carbocycles. The van der Waals surface area contributed by atoms with E-state index >= 15 is 0 Å². The molecule has 1 aliphatic heterocycles. The molecule has 184 valence electrons. The summed E-state index contributed by atoms with van der Waals surface area (Å²) in [4.78, 5) is 12.3. The third-order valence-corrected chi connectivity index (χ3v) is 6.50. The van der Waals surface area contributed by atoms with Gasteiger partial charge in [0.15, 0.2) is 0 Å². The van der Waals surface area contributed by atoms with Crippen molar-refractivity contribution in [3.63, 3.8) is 0 Å². The minimum atomic E-state index is -0.361. The Balaban J connectivity index is 1.35. The van der Waals surface area contributed by atoms with Crippen molar-refractivity contribution in [2.75, 3.05) is 12.1 Å². The quantitative estimate of drug-likeness (QED) is 0.230. The number of methoxy groups -OCH3 is 1. The highest BCUT2D eigenvalue weighted by atomic mass is 35.5. The van der Waals surface area contributed by atoms with Crippen LogP contribution in [-0.2, 0) is 0 Å². The van der Waals surface area contributed by atoms with E-state index in [-0.39, 0.29) is 11.9 Å². The standard InChI is InChI=1S/C30H25ClN4O2/c1-37-25-17-13-23(14-18-25)29-19-28(22-7-3-2-4-8-22)34-35(29)24-15-11-21(12-16-24)20-32-33-30(36)26-9-5-6-10-27(26)31/h2-18,20,29H,19H2,1H3,(H,33,36)/b32-20-/t29-/m1/s1. The highest BCUT2D eigenvalue weighted by molar-refractivity contribution is 6.33. The number of carbonyl (C=O) groups is 1. The third-order valence-electron chi connectivity index (χ3n) is 6.17. The van der Waals surface area contributed by atoms with Gasteiger partial charge in [-0.1, -0.05) is 78.3 Å². The van der Waals surface area contributed by atoms with E-state index in [2.05, 4.69) is 39.8 Å². The number of anilines is 1. The predicted octanol–water partition coefficient (Wildman–Crippen LogP) is 6.47. The molecule has 0 spiro atoms. The number of ether oxygens (including phenoxy) is 1. The Kier molecular flexibility index (Phi) is 7.28. The summed E-state index contributed by atoms with van der Waals surface area (Å²) in [6.07, 6.45) is 2.38. The number of halogens is 1. The molecule has 0 radical (unpaired) electrons.